The third kappa shape index (κ3) is 4.22. The predicted molar refractivity (Wildman–Crippen MR) is 141 cm³/mol. The molecular weight excluding hydrogens is 442 g/mol. The maximum atomic E-state index is 14.4. The third-order valence-electron chi connectivity index (χ3n) is 9.46. The number of rotatable bonds is 1. The van der Waals surface area contributed by atoms with Crippen LogP contribution >= 0.6 is 12.2 Å². The molecule has 4 aliphatic rings. The Bertz CT molecular complexity index is 914. The fourth-order valence-corrected chi connectivity index (χ4v) is 8.61. The molecule has 0 aromatic rings. The Morgan fingerprint density at radius 3 is 2.35 bits per heavy atom. The number of nitrogens with one attached hydrogen (secondary N) is 2. The van der Waals surface area contributed by atoms with Crippen LogP contribution in [0.1, 0.15) is 100 Å². The average Bonchev–Trinajstić information content (AvgIpc) is 3.07. The average molecular weight is 488 g/mol. The third-order valence-corrected chi connectivity index (χ3v) is 9.75. The van der Waals surface area contributed by atoms with Gasteiger partial charge in [0.1, 0.15) is 0 Å². The van der Waals surface area contributed by atoms with Crippen LogP contribution in [0, 0.1) is 28.6 Å². The number of hydrogen-bond acceptors (Lipinski definition) is 3. The van der Waals surface area contributed by atoms with Gasteiger partial charge in [-0.15, -0.1) is 0 Å². The van der Waals surface area contributed by atoms with E-state index in [0.29, 0.717) is 27.9 Å². The van der Waals surface area contributed by atoms with Crippen molar-refractivity contribution < 1.29 is 9.59 Å². The molecule has 3 saturated carbocycles. The zero-order valence-electron chi connectivity index (χ0n) is 22.5. The van der Waals surface area contributed by atoms with Gasteiger partial charge in [0.15, 0.2) is 5.11 Å². The van der Waals surface area contributed by atoms with E-state index < -0.39 is 5.54 Å². The maximum absolute atomic E-state index is 14.4. The monoisotopic (exact) mass is 487 g/mol. The Morgan fingerprint density at radius 2 is 1.74 bits per heavy atom. The first-order valence-corrected chi connectivity index (χ1v) is 13.7. The second kappa shape index (κ2) is 8.31. The van der Waals surface area contributed by atoms with Crippen LogP contribution in [-0.2, 0) is 9.59 Å². The van der Waals surface area contributed by atoms with E-state index in [4.69, 9.17) is 12.2 Å². The highest BCUT2D eigenvalue weighted by atomic mass is 32.1. The zero-order chi connectivity index (χ0) is 25.3. The molecule has 34 heavy (non-hydrogen) atoms. The number of hydrogen-bond donors (Lipinski definition) is 2. The van der Waals surface area contributed by atoms with Crippen LogP contribution in [0.3, 0.4) is 0 Å². The summed E-state index contributed by atoms with van der Waals surface area (Å²) in [6, 6.07) is 0.00178. The molecule has 2 N–H and O–H groups in total. The van der Waals surface area contributed by atoms with E-state index in [1.54, 1.807) is 11.0 Å². The molecule has 1 heterocycles. The summed E-state index contributed by atoms with van der Waals surface area (Å²) in [5, 5.41) is 7.03. The van der Waals surface area contributed by atoms with Crippen molar-refractivity contribution in [3.63, 3.8) is 0 Å². The van der Waals surface area contributed by atoms with Crippen LogP contribution in [0.25, 0.3) is 0 Å². The van der Waals surface area contributed by atoms with Crippen molar-refractivity contribution in [3.8, 4) is 0 Å². The Morgan fingerprint density at radius 1 is 1.06 bits per heavy atom. The van der Waals surface area contributed by atoms with E-state index in [1.807, 2.05) is 41.5 Å². The van der Waals surface area contributed by atoms with E-state index in [1.165, 1.54) is 25.7 Å². The largest absolute Gasteiger partial charge is 0.358 e. The van der Waals surface area contributed by atoms with Gasteiger partial charge in [0.2, 0.25) is 5.91 Å². The van der Waals surface area contributed by atoms with Crippen LogP contribution in [0.4, 0.5) is 0 Å². The summed E-state index contributed by atoms with van der Waals surface area (Å²) in [5.41, 5.74) is -0.0504. The molecule has 2 amide bonds. The predicted octanol–water partition coefficient (Wildman–Crippen LogP) is 5.34. The van der Waals surface area contributed by atoms with E-state index in [2.05, 4.69) is 24.5 Å². The molecule has 190 valence electrons. The molecule has 6 heteroatoms. The summed E-state index contributed by atoms with van der Waals surface area (Å²) in [5.74, 6) is 1.51. The van der Waals surface area contributed by atoms with Crippen molar-refractivity contribution in [3.05, 3.63) is 11.6 Å². The Hall–Kier alpha value is -1.43. The lowest BCUT2D eigenvalue weighted by Gasteiger charge is -2.60. The lowest BCUT2D eigenvalue weighted by Crippen LogP contribution is -2.64. The molecular formula is C28H45N3O2S. The molecule has 0 bridgehead atoms. The van der Waals surface area contributed by atoms with E-state index >= 15 is 0 Å². The summed E-state index contributed by atoms with van der Waals surface area (Å²) < 4.78 is 0. The quantitative estimate of drug-likeness (QED) is 0.490. The highest BCUT2D eigenvalue weighted by molar-refractivity contribution is 7.80. The van der Waals surface area contributed by atoms with Gasteiger partial charge < -0.3 is 10.6 Å². The molecule has 1 unspecified atom stereocenters. The Balaban J connectivity index is 1.74. The van der Waals surface area contributed by atoms with Gasteiger partial charge in [0.25, 0.3) is 5.91 Å². The van der Waals surface area contributed by atoms with Crippen molar-refractivity contribution in [2.24, 2.45) is 28.6 Å². The molecule has 6 atom stereocenters. The molecule has 4 rings (SSSR count). The summed E-state index contributed by atoms with van der Waals surface area (Å²) in [6.45, 7) is 16.9. The van der Waals surface area contributed by atoms with E-state index in [0.717, 1.165) is 25.2 Å². The normalized spacial score (nSPS) is 37.5. The topological polar surface area (TPSA) is 61.4 Å². The number of carbonyl (C=O) groups is 2. The fraction of sp³-hybridized carbons (Fsp3) is 0.821. The molecule has 0 aromatic heterocycles. The maximum Gasteiger partial charge on any atom is 0.257 e. The number of amides is 2. The van der Waals surface area contributed by atoms with Gasteiger partial charge in [-0.1, -0.05) is 20.3 Å². The molecule has 0 spiro atoms. The van der Waals surface area contributed by atoms with Crippen molar-refractivity contribution in [2.45, 2.75) is 117 Å². The van der Waals surface area contributed by atoms with Crippen LogP contribution < -0.4 is 10.6 Å². The van der Waals surface area contributed by atoms with Gasteiger partial charge in [0.05, 0.1) is 0 Å². The Kier molecular flexibility index (Phi) is 6.27. The summed E-state index contributed by atoms with van der Waals surface area (Å²) >= 11 is 5.79. The van der Waals surface area contributed by atoms with Gasteiger partial charge in [-0.05, 0) is 115 Å². The first-order chi connectivity index (χ1) is 15.6. The SMILES string of the molecule is CC(C)(C)NC(=S)N(C(=O)C1=CC(=O)NC2CC[C@@H]3[C@@H](CC[C@]4(C)CCC[C@@H]34)[C@@]12C)C(C)(C)C. The first kappa shape index (κ1) is 25.7. The highest BCUT2D eigenvalue weighted by Gasteiger charge is 2.60. The van der Waals surface area contributed by atoms with Gasteiger partial charge in [-0.3, -0.25) is 14.5 Å². The van der Waals surface area contributed by atoms with E-state index in [9.17, 15) is 9.59 Å². The molecule has 1 aliphatic heterocycles. The summed E-state index contributed by atoms with van der Waals surface area (Å²) in [4.78, 5) is 28.9. The minimum atomic E-state index is -0.516. The molecule has 3 fully saturated rings. The van der Waals surface area contributed by atoms with E-state index in [-0.39, 0.29) is 28.8 Å². The van der Waals surface area contributed by atoms with Crippen LogP contribution in [0.2, 0.25) is 0 Å². The van der Waals surface area contributed by atoms with Gasteiger partial charge in [0, 0.05) is 34.2 Å². The van der Waals surface area contributed by atoms with Crippen LogP contribution in [0.15, 0.2) is 11.6 Å². The minimum Gasteiger partial charge on any atom is -0.358 e. The summed E-state index contributed by atoms with van der Waals surface area (Å²) in [6.07, 6.45) is 10.0. The second-order valence-electron chi connectivity index (χ2n) is 13.9. The summed E-state index contributed by atoms with van der Waals surface area (Å²) in [7, 11) is 0. The molecule has 0 aromatic carbocycles. The molecule has 3 aliphatic carbocycles. The van der Waals surface area contributed by atoms with Crippen LogP contribution in [0.5, 0.6) is 0 Å². The molecule has 0 saturated heterocycles. The lowest BCUT2D eigenvalue weighted by atomic mass is 9.47. The lowest BCUT2D eigenvalue weighted by molar-refractivity contribution is -0.134. The minimum absolute atomic E-state index is 0.00178. The van der Waals surface area contributed by atoms with Crippen molar-refractivity contribution in [2.75, 3.05) is 0 Å². The van der Waals surface area contributed by atoms with Crippen molar-refractivity contribution in [1.82, 2.24) is 15.5 Å². The first-order valence-electron chi connectivity index (χ1n) is 13.3. The smallest absolute Gasteiger partial charge is 0.257 e. The molecule has 5 nitrogen and oxygen atoms in total. The van der Waals surface area contributed by atoms with Crippen LogP contribution in [-0.4, -0.2) is 38.9 Å². The van der Waals surface area contributed by atoms with Crippen molar-refractivity contribution >= 4 is 29.1 Å². The van der Waals surface area contributed by atoms with Gasteiger partial charge >= 0.3 is 0 Å². The number of nitrogens with zero attached hydrogens (tertiary/aromatic N) is 1. The highest BCUT2D eigenvalue weighted by Crippen LogP contribution is 2.64. The van der Waals surface area contributed by atoms with Gasteiger partial charge in [-0.2, -0.15) is 0 Å². The molecule has 0 radical (unpaired) electrons. The van der Waals surface area contributed by atoms with Gasteiger partial charge in [-0.25, -0.2) is 0 Å². The second-order valence-corrected chi connectivity index (χ2v) is 14.3. The standard InChI is InChI=1S/C28H45N3O2S/c1-25(2,3)30-24(34)31(26(4,5)6)23(33)20-16-22(32)29-21-12-11-17-18-10-9-14-27(18,7)15-13-19(17)28(20,21)8/h16-19,21H,9-15H2,1-8H3,(H,29,32)(H,30,34)/t17-,18-,19+,21?,27-,28-/m0/s1. The van der Waals surface area contributed by atoms with Crippen molar-refractivity contribution in [1.29, 1.82) is 0 Å². The fourth-order valence-electron chi connectivity index (χ4n) is 7.95. The number of thiocarbonyl (C=S) groups is 1. The number of fused-ring (bicyclic) bond motifs is 5. The Labute approximate surface area is 211 Å². The number of carbonyl (C=O) groups excluding carboxylic acids is 2. The zero-order valence-corrected chi connectivity index (χ0v) is 23.3.